The molecule has 7 nitrogen and oxygen atoms in total. The van der Waals surface area contributed by atoms with Crippen molar-refractivity contribution in [2.24, 2.45) is 11.3 Å². The van der Waals surface area contributed by atoms with Gasteiger partial charge in [0.2, 0.25) is 0 Å². The van der Waals surface area contributed by atoms with Crippen LogP contribution in [0, 0.1) is 18.3 Å². The van der Waals surface area contributed by atoms with E-state index in [2.05, 4.69) is 47.2 Å². The smallest absolute Gasteiger partial charge is 0.311 e. The Morgan fingerprint density at radius 3 is 2.33 bits per heavy atom. The highest BCUT2D eigenvalue weighted by atomic mass is 16.5. The summed E-state index contributed by atoms with van der Waals surface area (Å²) in [5, 5.41) is 3.56. The lowest BCUT2D eigenvalue weighted by atomic mass is 9.68. The maximum atomic E-state index is 12.7. The number of rotatable bonds is 8. The lowest BCUT2D eigenvalue weighted by Crippen LogP contribution is -2.46. The molecule has 0 amide bonds. The number of ether oxygens (including phenoxy) is 2. The van der Waals surface area contributed by atoms with Crippen molar-refractivity contribution in [1.82, 2.24) is 4.90 Å². The third-order valence-corrected chi connectivity index (χ3v) is 9.13. The van der Waals surface area contributed by atoms with Crippen LogP contribution in [0.2, 0.25) is 0 Å². The number of carbonyl (C=O) groups is 2. The second kappa shape index (κ2) is 11.8. The van der Waals surface area contributed by atoms with Crippen LogP contribution in [0.3, 0.4) is 0 Å². The number of nitrogens with one attached hydrogen (secondary N) is 1. The highest BCUT2D eigenvalue weighted by Gasteiger charge is 2.44. The Labute approximate surface area is 216 Å². The van der Waals surface area contributed by atoms with Gasteiger partial charge in [0, 0.05) is 43.1 Å². The van der Waals surface area contributed by atoms with Crippen molar-refractivity contribution in [3.63, 3.8) is 0 Å². The van der Waals surface area contributed by atoms with Crippen molar-refractivity contribution in [2.45, 2.75) is 83.7 Å². The average Bonchev–Trinajstić information content (AvgIpc) is 3.34. The zero-order valence-corrected chi connectivity index (χ0v) is 22.7. The molecule has 200 valence electrons. The van der Waals surface area contributed by atoms with Gasteiger partial charge in [-0.05, 0) is 102 Å². The summed E-state index contributed by atoms with van der Waals surface area (Å²) in [6.45, 7) is 8.74. The summed E-state index contributed by atoms with van der Waals surface area (Å²) in [5.74, 6) is -0.442. The van der Waals surface area contributed by atoms with Gasteiger partial charge in [-0.1, -0.05) is 0 Å². The number of benzene rings is 1. The Bertz CT molecular complexity index is 904. The van der Waals surface area contributed by atoms with Gasteiger partial charge in [-0.3, -0.25) is 14.5 Å². The fraction of sp³-hybridized carbons (Fsp3) is 0.724. The SMILES string of the molecule is COC(=O)C1CCC(CCNc2ccc(N3CCC(N4CCCC4C)CC3)cc2C)(C(=O)OC)CC1. The van der Waals surface area contributed by atoms with Crippen LogP contribution in [0.5, 0.6) is 0 Å². The first-order valence-electron chi connectivity index (χ1n) is 13.9. The van der Waals surface area contributed by atoms with Crippen molar-refractivity contribution < 1.29 is 19.1 Å². The monoisotopic (exact) mass is 499 g/mol. The number of anilines is 2. The van der Waals surface area contributed by atoms with Gasteiger partial charge in [0.15, 0.2) is 0 Å². The van der Waals surface area contributed by atoms with E-state index in [9.17, 15) is 9.59 Å². The van der Waals surface area contributed by atoms with E-state index in [0.29, 0.717) is 38.6 Å². The highest BCUT2D eigenvalue weighted by molar-refractivity contribution is 5.78. The van der Waals surface area contributed by atoms with Crippen molar-refractivity contribution in [3.8, 4) is 0 Å². The molecule has 2 aliphatic heterocycles. The zero-order valence-electron chi connectivity index (χ0n) is 22.7. The summed E-state index contributed by atoms with van der Waals surface area (Å²) in [7, 11) is 2.89. The molecule has 1 aliphatic carbocycles. The predicted octanol–water partition coefficient (Wildman–Crippen LogP) is 4.77. The van der Waals surface area contributed by atoms with Crippen LogP contribution in [-0.2, 0) is 19.1 Å². The summed E-state index contributed by atoms with van der Waals surface area (Å²) in [6, 6.07) is 8.18. The number of nitrogens with zero attached hydrogens (tertiary/aromatic N) is 2. The van der Waals surface area contributed by atoms with Crippen LogP contribution in [0.4, 0.5) is 11.4 Å². The predicted molar refractivity (Wildman–Crippen MR) is 143 cm³/mol. The minimum absolute atomic E-state index is 0.112. The fourth-order valence-electron chi connectivity index (χ4n) is 6.78. The van der Waals surface area contributed by atoms with Crippen LogP contribution in [-0.4, -0.2) is 69.3 Å². The molecule has 1 atom stereocenters. The van der Waals surface area contributed by atoms with E-state index >= 15 is 0 Å². The van der Waals surface area contributed by atoms with Crippen LogP contribution in [0.1, 0.15) is 70.3 Å². The van der Waals surface area contributed by atoms with E-state index in [1.807, 2.05) is 0 Å². The third kappa shape index (κ3) is 5.82. The third-order valence-electron chi connectivity index (χ3n) is 9.13. The largest absolute Gasteiger partial charge is 0.469 e. The summed E-state index contributed by atoms with van der Waals surface area (Å²) >= 11 is 0. The molecule has 7 heteroatoms. The Hall–Kier alpha value is -2.28. The fourth-order valence-corrected chi connectivity index (χ4v) is 6.78. The summed E-state index contributed by atoms with van der Waals surface area (Å²) in [5.41, 5.74) is 3.11. The van der Waals surface area contributed by atoms with E-state index in [1.54, 1.807) is 0 Å². The minimum Gasteiger partial charge on any atom is -0.469 e. The van der Waals surface area contributed by atoms with Gasteiger partial charge in [-0.15, -0.1) is 0 Å². The molecule has 2 heterocycles. The maximum Gasteiger partial charge on any atom is 0.311 e. The van der Waals surface area contributed by atoms with Crippen molar-refractivity contribution in [3.05, 3.63) is 23.8 Å². The van der Waals surface area contributed by atoms with E-state index in [1.165, 1.54) is 57.7 Å². The number of aryl methyl sites for hydroxylation is 1. The first kappa shape index (κ1) is 26.8. The molecule has 2 saturated heterocycles. The van der Waals surface area contributed by atoms with E-state index in [0.717, 1.165) is 30.9 Å². The molecule has 1 aromatic rings. The average molecular weight is 500 g/mol. The Kier molecular flexibility index (Phi) is 8.81. The highest BCUT2D eigenvalue weighted by Crippen LogP contribution is 2.43. The second-order valence-electron chi connectivity index (χ2n) is 11.2. The number of methoxy groups -OCH3 is 2. The number of piperidine rings is 1. The molecule has 1 unspecified atom stereocenters. The molecule has 4 rings (SSSR count). The van der Waals surface area contributed by atoms with Crippen LogP contribution in [0.15, 0.2) is 18.2 Å². The first-order chi connectivity index (χ1) is 17.4. The molecule has 1 aromatic carbocycles. The minimum atomic E-state index is -0.530. The van der Waals surface area contributed by atoms with Crippen LogP contribution in [0.25, 0.3) is 0 Å². The molecule has 0 bridgehead atoms. The normalized spacial score (nSPS) is 27.6. The molecule has 3 aliphatic rings. The lowest BCUT2D eigenvalue weighted by Gasteiger charge is -2.39. The molecule has 1 saturated carbocycles. The molecule has 3 fully saturated rings. The van der Waals surface area contributed by atoms with E-state index in [-0.39, 0.29) is 17.9 Å². The van der Waals surface area contributed by atoms with Gasteiger partial charge < -0.3 is 19.7 Å². The van der Waals surface area contributed by atoms with Crippen molar-refractivity contribution in [2.75, 3.05) is 50.6 Å². The second-order valence-corrected chi connectivity index (χ2v) is 11.2. The standard InChI is InChI=1S/C29H45N3O4/c1-21-20-25(31-18-11-24(12-19-31)32-17-5-6-22(32)2)7-8-26(21)30-16-15-29(28(34)36-4)13-9-23(10-14-29)27(33)35-3/h7-8,20,22-24,30H,5-6,9-19H2,1-4H3. The molecular formula is C29H45N3O4. The van der Waals surface area contributed by atoms with Gasteiger partial charge in [0.05, 0.1) is 25.6 Å². The topological polar surface area (TPSA) is 71.1 Å². The van der Waals surface area contributed by atoms with Gasteiger partial charge >= 0.3 is 11.9 Å². The Morgan fingerprint density at radius 1 is 1.03 bits per heavy atom. The van der Waals surface area contributed by atoms with E-state index < -0.39 is 5.41 Å². The number of likely N-dealkylation sites (tertiary alicyclic amines) is 1. The number of hydrogen-bond acceptors (Lipinski definition) is 7. The zero-order chi connectivity index (χ0) is 25.7. The van der Waals surface area contributed by atoms with Gasteiger partial charge in [-0.2, -0.15) is 0 Å². The molecule has 0 aromatic heterocycles. The Balaban J connectivity index is 1.30. The summed E-state index contributed by atoms with van der Waals surface area (Å²) in [4.78, 5) is 29.9. The van der Waals surface area contributed by atoms with E-state index in [4.69, 9.17) is 9.47 Å². The van der Waals surface area contributed by atoms with Crippen molar-refractivity contribution >= 4 is 23.3 Å². The number of carbonyl (C=O) groups excluding carboxylic acids is 2. The molecule has 36 heavy (non-hydrogen) atoms. The van der Waals surface area contributed by atoms with Crippen LogP contribution < -0.4 is 10.2 Å². The lowest BCUT2D eigenvalue weighted by molar-refractivity contribution is -0.159. The van der Waals surface area contributed by atoms with Gasteiger partial charge in [-0.25, -0.2) is 0 Å². The maximum absolute atomic E-state index is 12.7. The number of hydrogen-bond donors (Lipinski definition) is 1. The molecule has 1 N–H and O–H groups in total. The Morgan fingerprint density at radius 2 is 1.75 bits per heavy atom. The first-order valence-corrected chi connectivity index (χ1v) is 13.9. The van der Waals surface area contributed by atoms with Gasteiger partial charge in [0.1, 0.15) is 0 Å². The van der Waals surface area contributed by atoms with Gasteiger partial charge in [0.25, 0.3) is 0 Å². The van der Waals surface area contributed by atoms with Crippen molar-refractivity contribution in [1.29, 1.82) is 0 Å². The summed E-state index contributed by atoms with van der Waals surface area (Å²) in [6.07, 6.45) is 8.54. The van der Waals surface area contributed by atoms with Crippen LogP contribution >= 0.6 is 0 Å². The summed E-state index contributed by atoms with van der Waals surface area (Å²) < 4.78 is 10.1. The molecule has 0 spiro atoms. The molecular weight excluding hydrogens is 454 g/mol. The quantitative estimate of drug-likeness (QED) is 0.517. The molecule has 0 radical (unpaired) electrons. The number of esters is 2.